The molecule has 0 bridgehead atoms. The molecule has 1 aromatic rings. The van der Waals surface area contributed by atoms with Crippen LogP contribution in [0.5, 0.6) is 5.75 Å². The third-order valence-corrected chi connectivity index (χ3v) is 5.06. The number of phenolic OH excluding ortho intramolecular Hbond substituents is 1. The predicted octanol–water partition coefficient (Wildman–Crippen LogP) is 1.15. The fourth-order valence-corrected chi connectivity index (χ4v) is 3.54. The summed E-state index contributed by atoms with van der Waals surface area (Å²) >= 11 is 0. The number of benzene rings is 1. The second-order valence-electron chi connectivity index (χ2n) is 5.14. The summed E-state index contributed by atoms with van der Waals surface area (Å²) in [4.78, 5) is 10.9. The van der Waals surface area contributed by atoms with E-state index in [9.17, 15) is 18.3 Å². The zero-order valence-electron chi connectivity index (χ0n) is 11.6. The van der Waals surface area contributed by atoms with Crippen molar-refractivity contribution in [3.8, 4) is 5.75 Å². The van der Waals surface area contributed by atoms with Gasteiger partial charge in [-0.2, -0.15) is 12.7 Å². The van der Waals surface area contributed by atoms with Crippen LogP contribution in [0, 0.1) is 12.8 Å². The van der Waals surface area contributed by atoms with Gasteiger partial charge in [-0.3, -0.25) is 9.52 Å². The van der Waals surface area contributed by atoms with Crippen molar-refractivity contribution in [3.05, 3.63) is 23.8 Å². The van der Waals surface area contributed by atoms with Gasteiger partial charge in [0.05, 0.1) is 11.6 Å². The van der Waals surface area contributed by atoms with Crippen molar-refractivity contribution >= 4 is 21.9 Å². The number of nitrogens with zero attached hydrogens (tertiary/aromatic N) is 1. The first kappa shape index (κ1) is 15.6. The quantitative estimate of drug-likeness (QED) is 0.723. The van der Waals surface area contributed by atoms with E-state index >= 15 is 0 Å². The summed E-state index contributed by atoms with van der Waals surface area (Å²) in [7, 11) is -3.79. The normalized spacial score (nSPS) is 17.6. The molecule has 0 amide bonds. The minimum absolute atomic E-state index is 0.121. The number of carboxylic acids is 1. The van der Waals surface area contributed by atoms with Gasteiger partial charge in [-0.15, -0.1) is 0 Å². The zero-order valence-corrected chi connectivity index (χ0v) is 12.4. The first-order chi connectivity index (χ1) is 9.79. The molecule has 0 atom stereocenters. The summed E-state index contributed by atoms with van der Waals surface area (Å²) in [5, 5.41) is 18.6. The SMILES string of the molecule is Cc1ccc(O)c(NS(=O)(=O)N2CCC(C(=O)O)CC2)c1. The number of aliphatic carboxylic acids is 1. The Morgan fingerprint density at radius 1 is 1.33 bits per heavy atom. The second kappa shape index (κ2) is 5.90. The molecule has 8 heteroatoms. The van der Waals surface area contributed by atoms with E-state index < -0.39 is 22.1 Å². The largest absolute Gasteiger partial charge is 0.506 e. The van der Waals surface area contributed by atoms with Gasteiger partial charge in [0.25, 0.3) is 0 Å². The van der Waals surface area contributed by atoms with E-state index in [4.69, 9.17) is 5.11 Å². The molecule has 2 rings (SSSR count). The molecular weight excluding hydrogens is 296 g/mol. The topological polar surface area (TPSA) is 107 Å². The van der Waals surface area contributed by atoms with Gasteiger partial charge < -0.3 is 10.2 Å². The maximum absolute atomic E-state index is 12.3. The fourth-order valence-electron chi connectivity index (χ4n) is 2.28. The van der Waals surface area contributed by atoms with E-state index in [1.807, 2.05) is 0 Å². The smallest absolute Gasteiger partial charge is 0.306 e. The Kier molecular flexibility index (Phi) is 4.38. The zero-order chi connectivity index (χ0) is 15.6. The van der Waals surface area contributed by atoms with Gasteiger partial charge in [-0.05, 0) is 37.5 Å². The number of aromatic hydroxyl groups is 1. The Morgan fingerprint density at radius 2 is 1.95 bits per heavy atom. The van der Waals surface area contributed by atoms with E-state index in [0.717, 1.165) is 5.56 Å². The molecule has 1 aromatic carbocycles. The summed E-state index contributed by atoms with van der Waals surface area (Å²) in [6, 6.07) is 4.63. The minimum Gasteiger partial charge on any atom is -0.506 e. The highest BCUT2D eigenvalue weighted by atomic mass is 32.2. The summed E-state index contributed by atoms with van der Waals surface area (Å²) < 4.78 is 28.0. The number of anilines is 1. The molecule has 1 fully saturated rings. The molecule has 21 heavy (non-hydrogen) atoms. The maximum atomic E-state index is 12.3. The van der Waals surface area contributed by atoms with Crippen LogP contribution < -0.4 is 4.72 Å². The highest BCUT2D eigenvalue weighted by Gasteiger charge is 2.31. The molecule has 3 N–H and O–H groups in total. The summed E-state index contributed by atoms with van der Waals surface area (Å²) in [6.45, 7) is 2.09. The lowest BCUT2D eigenvalue weighted by molar-refractivity contribution is -0.142. The summed E-state index contributed by atoms with van der Waals surface area (Å²) in [6.07, 6.45) is 0.575. The molecule has 0 aliphatic carbocycles. The predicted molar refractivity (Wildman–Crippen MR) is 77.3 cm³/mol. The Morgan fingerprint density at radius 3 is 2.52 bits per heavy atom. The number of aryl methyl sites for hydroxylation is 1. The number of carbonyl (C=O) groups is 1. The molecule has 1 aliphatic rings. The molecule has 1 saturated heterocycles. The molecule has 7 nitrogen and oxygen atoms in total. The van der Waals surface area contributed by atoms with Crippen LogP contribution in [0.2, 0.25) is 0 Å². The molecule has 0 aromatic heterocycles. The molecule has 0 saturated carbocycles. The first-order valence-corrected chi connectivity index (χ1v) is 8.04. The van der Waals surface area contributed by atoms with Gasteiger partial charge in [0, 0.05) is 13.1 Å². The average Bonchev–Trinajstić information content (AvgIpc) is 2.43. The maximum Gasteiger partial charge on any atom is 0.306 e. The Balaban J connectivity index is 2.09. The summed E-state index contributed by atoms with van der Waals surface area (Å²) in [5.41, 5.74) is 0.936. The van der Waals surface area contributed by atoms with Gasteiger partial charge in [0.1, 0.15) is 5.75 Å². The number of hydrogen-bond acceptors (Lipinski definition) is 4. The number of piperidine rings is 1. The minimum atomic E-state index is -3.79. The molecule has 0 unspecified atom stereocenters. The number of phenols is 1. The number of hydrogen-bond donors (Lipinski definition) is 3. The third kappa shape index (κ3) is 3.64. The number of carboxylic acid groups (broad SMARTS) is 1. The van der Waals surface area contributed by atoms with E-state index in [0.29, 0.717) is 0 Å². The van der Waals surface area contributed by atoms with Gasteiger partial charge in [0.2, 0.25) is 0 Å². The fraction of sp³-hybridized carbons (Fsp3) is 0.462. The molecular formula is C13H18N2O5S. The van der Waals surface area contributed by atoms with Crippen LogP contribution in [0.4, 0.5) is 5.69 Å². The molecule has 1 heterocycles. The van der Waals surface area contributed by atoms with Crippen LogP contribution in [0.3, 0.4) is 0 Å². The van der Waals surface area contributed by atoms with Crippen molar-refractivity contribution in [1.82, 2.24) is 4.31 Å². The van der Waals surface area contributed by atoms with Crippen molar-refractivity contribution in [1.29, 1.82) is 0 Å². The lowest BCUT2D eigenvalue weighted by atomic mass is 9.99. The van der Waals surface area contributed by atoms with Crippen LogP contribution in [0.25, 0.3) is 0 Å². The summed E-state index contributed by atoms with van der Waals surface area (Å²) in [5.74, 6) is -1.54. The number of nitrogens with one attached hydrogen (secondary N) is 1. The van der Waals surface area contributed by atoms with Crippen LogP contribution in [0.15, 0.2) is 18.2 Å². The lowest BCUT2D eigenvalue weighted by Gasteiger charge is -2.29. The van der Waals surface area contributed by atoms with E-state index in [1.165, 1.54) is 16.4 Å². The Hall–Kier alpha value is -1.80. The van der Waals surface area contributed by atoms with Crippen LogP contribution in [-0.4, -0.2) is 42.0 Å². The Bertz CT molecular complexity index is 636. The van der Waals surface area contributed by atoms with Crippen molar-refractivity contribution in [2.24, 2.45) is 5.92 Å². The van der Waals surface area contributed by atoms with E-state index in [2.05, 4.69) is 4.72 Å². The highest BCUT2D eigenvalue weighted by molar-refractivity contribution is 7.90. The van der Waals surface area contributed by atoms with E-state index in [1.54, 1.807) is 13.0 Å². The monoisotopic (exact) mass is 314 g/mol. The van der Waals surface area contributed by atoms with Gasteiger partial charge in [-0.1, -0.05) is 6.07 Å². The van der Waals surface area contributed by atoms with E-state index in [-0.39, 0.29) is 37.4 Å². The van der Waals surface area contributed by atoms with Crippen LogP contribution >= 0.6 is 0 Å². The first-order valence-electron chi connectivity index (χ1n) is 6.60. The van der Waals surface area contributed by atoms with Crippen molar-refractivity contribution < 1.29 is 23.4 Å². The highest BCUT2D eigenvalue weighted by Crippen LogP contribution is 2.27. The standard InChI is InChI=1S/C13H18N2O5S/c1-9-2-3-12(16)11(8-9)14-21(19,20)15-6-4-10(5-7-15)13(17)18/h2-3,8,10,14,16H,4-7H2,1H3,(H,17,18). The van der Waals surface area contributed by atoms with Crippen molar-refractivity contribution in [3.63, 3.8) is 0 Å². The van der Waals surface area contributed by atoms with Gasteiger partial charge in [-0.25, -0.2) is 0 Å². The molecule has 1 aliphatic heterocycles. The Labute approximate surface area is 123 Å². The van der Waals surface area contributed by atoms with Crippen molar-refractivity contribution in [2.45, 2.75) is 19.8 Å². The molecule has 0 radical (unpaired) electrons. The average molecular weight is 314 g/mol. The van der Waals surface area contributed by atoms with Crippen LogP contribution in [0.1, 0.15) is 18.4 Å². The lowest BCUT2D eigenvalue weighted by Crippen LogP contribution is -2.42. The number of rotatable bonds is 4. The molecule has 116 valence electrons. The molecule has 0 spiro atoms. The third-order valence-electron chi connectivity index (χ3n) is 3.53. The van der Waals surface area contributed by atoms with Gasteiger partial charge in [0.15, 0.2) is 0 Å². The van der Waals surface area contributed by atoms with Crippen LogP contribution in [-0.2, 0) is 15.0 Å². The van der Waals surface area contributed by atoms with Gasteiger partial charge >= 0.3 is 16.2 Å². The van der Waals surface area contributed by atoms with Crippen molar-refractivity contribution in [2.75, 3.05) is 17.8 Å². The second-order valence-corrected chi connectivity index (χ2v) is 6.81.